The van der Waals surface area contributed by atoms with Crippen molar-refractivity contribution in [2.75, 3.05) is 45.1 Å². The highest BCUT2D eigenvalue weighted by Gasteiger charge is 2.22. The van der Waals surface area contributed by atoms with E-state index in [0.29, 0.717) is 23.0 Å². The fourth-order valence-electron chi connectivity index (χ4n) is 4.77. The normalized spacial score (nSPS) is 18.0. The second kappa shape index (κ2) is 10.1. The lowest BCUT2D eigenvalue weighted by Crippen LogP contribution is -2.47. The first-order valence-electron chi connectivity index (χ1n) is 12.8. The number of H-pyrrole nitrogens is 1. The number of hydrogen-bond donors (Lipinski definition) is 3. The first-order chi connectivity index (χ1) is 18.5. The fourth-order valence-corrected chi connectivity index (χ4v) is 4.77. The predicted octanol–water partition coefficient (Wildman–Crippen LogP) is 3.41. The summed E-state index contributed by atoms with van der Waals surface area (Å²) in [6.45, 7) is 8.13. The molecule has 194 valence electrons. The molecule has 5 heterocycles. The summed E-state index contributed by atoms with van der Waals surface area (Å²) in [5.74, 6) is 1.21. The quantitative estimate of drug-likeness (QED) is 0.362. The highest BCUT2D eigenvalue weighted by Crippen LogP contribution is 2.26. The van der Waals surface area contributed by atoms with Gasteiger partial charge in [-0.05, 0) is 43.4 Å². The maximum Gasteiger partial charge on any atom is 0.270 e. The van der Waals surface area contributed by atoms with E-state index >= 15 is 0 Å². The number of nitrogens with zero attached hydrogens (tertiary/aromatic N) is 5. The van der Waals surface area contributed by atoms with Gasteiger partial charge in [0.15, 0.2) is 0 Å². The van der Waals surface area contributed by atoms with Gasteiger partial charge in [-0.15, -0.1) is 0 Å². The Morgan fingerprint density at radius 3 is 2.71 bits per heavy atom. The lowest BCUT2D eigenvalue weighted by atomic mass is 10.2. The predicted molar refractivity (Wildman–Crippen MR) is 146 cm³/mol. The molecule has 3 N–H and O–H groups in total. The second-order valence-electron chi connectivity index (χ2n) is 9.69. The number of hydrogen-bond acceptors (Lipinski definition) is 8. The standard InChI is InChI=1S/C28H30N8O2/c1-18-26(7-10-29-18)38-21-5-8-30-24(17-21)23-6-9-31-28(34-23)32-20-3-4-22-19(15-20)16-25(33-22)27(37)36-13-11-35(2)12-14-36/h3-6,8-9,15-17,26,29,33H,1,7,10-14H2,2H3,(H,31,32,34)/t26-/m0/s1. The molecular formula is C28H30N8O2. The minimum atomic E-state index is -0.0476. The maximum absolute atomic E-state index is 13.0. The summed E-state index contributed by atoms with van der Waals surface area (Å²) in [5.41, 5.74) is 4.60. The Labute approximate surface area is 220 Å². The van der Waals surface area contributed by atoms with Crippen molar-refractivity contribution in [2.24, 2.45) is 0 Å². The summed E-state index contributed by atoms with van der Waals surface area (Å²) < 4.78 is 6.09. The Balaban J connectivity index is 1.17. The molecule has 4 aromatic rings. The van der Waals surface area contributed by atoms with E-state index in [1.165, 1.54) is 0 Å². The van der Waals surface area contributed by atoms with Gasteiger partial charge in [-0.2, -0.15) is 0 Å². The number of benzene rings is 1. The summed E-state index contributed by atoms with van der Waals surface area (Å²) in [5, 5.41) is 7.43. The van der Waals surface area contributed by atoms with E-state index in [4.69, 9.17) is 4.74 Å². The molecule has 1 atom stereocenters. The number of ether oxygens (including phenoxy) is 1. The third-order valence-corrected chi connectivity index (χ3v) is 6.97. The maximum atomic E-state index is 13.0. The van der Waals surface area contributed by atoms with Crippen molar-refractivity contribution in [3.8, 4) is 17.1 Å². The van der Waals surface area contributed by atoms with E-state index in [9.17, 15) is 4.79 Å². The van der Waals surface area contributed by atoms with Crippen molar-refractivity contribution in [3.05, 3.63) is 72.8 Å². The van der Waals surface area contributed by atoms with Crippen LogP contribution < -0.4 is 15.4 Å². The Bertz CT molecular complexity index is 1490. The highest BCUT2D eigenvalue weighted by atomic mass is 16.5. The number of fused-ring (bicyclic) bond motifs is 1. The van der Waals surface area contributed by atoms with Crippen LogP contribution in [0.5, 0.6) is 5.75 Å². The van der Waals surface area contributed by atoms with Crippen LogP contribution in [0.4, 0.5) is 11.6 Å². The molecule has 6 rings (SSSR count). The van der Waals surface area contributed by atoms with E-state index < -0.39 is 0 Å². The highest BCUT2D eigenvalue weighted by molar-refractivity contribution is 5.98. The number of nitrogens with one attached hydrogen (secondary N) is 3. The minimum Gasteiger partial charge on any atom is -0.484 e. The van der Waals surface area contributed by atoms with Crippen LogP contribution in [-0.4, -0.2) is 81.5 Å². The Kier molecular flexibility index (Phi) is 6.38. The van der Waals surface area contributed by atoms with Crippen LogP contribution in [0, 0.1) is 0 Å². The van der Waals surface area contributed by atoms with E-state index in [1.54, 1.807) is 12.4 Å². The van der Waals surface area contributed by atoms with Gasteiger partial charge in [-0.3, -0.25) is 9.78 Å². The molecule has 38 heavy (non-hydrogen) atoms. The van der Waals surface area contributed by atoms with Gasteiger partial charge in [-0.1, -0.05) is 6.58 Å². The van der Waals surface area contributed by atoms with Gasteiger partial charge in [0.1, 0.15) is 17.5 Å². The molecule has 2 saturated heterocycles. The molecule has 0 radical (unpaired) electrons. The molecule has 2 fully saturated rings. The van der Waals surface area contributed by atoms with Crippen LogP contribution in [0.25, 0.3) is 22.3 Å². The van der Waals surface area contributed by atoms with Gasteiger partial charge in [0.2, 0.25) is 5.95 Å². The third-order valence-electron chi connectivity index (χ3n) is 6.97. The van der Waals surface area contributed by atoms with Crippen LogP contribution >= 0.6 is 0 Å². The number of aromatic amines is 1. The van der Waals surface area contributed by atoms with Gasteiger partial charge < -0.3 is 30.2 Å². The lowest BCUT2D eigenvalue weighted by molar-refractivity contribution is 0.0659. The fraction of sp³-hybridized carbons (Fsp3) is 0.286. The summed E-state index contributed by atoms with van der Waals surface area (Å²) in [6, 6.07) is 13.3. The largest absolute Gasteiger partial charge is 0.484 e. The number of likely N-dealkylation sites (N-methyl/N-ethyl adjacent to an activating group) is 1. The molecular weight excluding hydrogens is 480 g/mol. The smallest absolute Gasteiger partial charge is 0.270 e. The van der Waals surface area contributed by atoms with Crippen molar-refractivity contribution in [3.63, 3.8) is 0 Å². The molecule has 10 nitrogen and oxygen atoms in total. The van der Waals surface area contributed by atoms with Crippen molar-refractivity contribution in [1.29, 1.82) is 0 Å². The van der Waals surface area contributed by atoms with Crippen molar-refractivity contribution >= 4 is 28.4 Å². The number of aromatic nitrogens is 4. The Morgan fingerprint density at radius 2 is 1.89 bits per heavy atom. The molecule has 2 aliphatic heterocycles. The van der Waals surface area contributed by atoms with Crippen LogP contribution in [0.1, 0.15) is 16.9 Å². The molecule has 3 aromatic heterocycles. The third kappa shape index (κ3) is 5.03. The van der Waals surface area contributed by atoms with Crippen molar-refractivity contribution in [2.45, 2.75) is 12.5 Å². The van der Waals surface area contributed by atoms with E-state index in [1.807, 2.05) is 47.4 Å². The lowest BCUT2D eigenvalue weighted by Gasteiger charge is -2.32. The number of piperazine rings is 1. The molecule has 1 amide bonds. The van der Waals surface area contributed by atoms with E-state index in [0.717, 1.165) is 67.2 Å². The molecule has 0 unspecified atom stereocenters. The monoisotopic (exact) mass is 510 g/mol. The zero-order valence-electron chi connectivity index (χ0n) is 21.3. The second-order valence-corrected chi connectivity index (χ2v) is 9.69. The van der Waals surface area contributed by atoms with Crippen LogP contribution in [0.3, 0.4) is 0 Å². The number of pyridine rings is 1. The SMILES string of the molecule is C=C1NCC[C@@H]1Oc1ccnc(-c2ccnc(Nc3ccc4[nH]c(C(=O)N5CCN(C)CC5)cc4c3)n2)c1. The zero-order valence-corrected chi connectivity index (χ0v) is 21.3. The summed E-state index contributed by atoms with van der Waals surface area (Å²) in [6.07, 6.45) is 4.25. The van der Waals surface area contributed by atoms with Gasteiger partial charge in [0.05, 0.1) is 11.4 Å². The van der Waals surface area contributed by atoms with E-state index in [2.05, 4.69) is 49.1 Å². The van der Waals surface area contributed by atoms with Crippen molar-refractivity contribution < 1.29 is 9.53 Å². The number of rotatable bonds is 6. The summed E-state index contributed by atoms with van der Waals surface area (Å²) in [4.78, 5) is 33.9. The molecule has 10 heteroatoms. The van der Waals surface area contributed by atoms with Gasteiger partial charge in [0.25, 0.3) is 5.91 Å². The van der Waals surface area contributed by atoms with Crippen molar-refractivity contribution in [1.82, 2.24) is 35.1 Å². The number of anilines is 2. The van der Waals surface area contributed by atoms with Gasteiger partial charge >= 0.3 is 0 Å². The Hall–Kier alpha value is -4.44. The van der Waals surface area contributed by atoms with Crippen LogP contribution in [0.15, 0.2) is 67.1 Å². The topological polar surface area (TPSA) is 111 Å². The zero-order chi connectivity index (χ0) is 26.1. The van der Waals surface area contributed by atoms with Gasteiger partial charge in [-0.25, -0.2) is 9.97 Å². The number of carbonyl (C=O) groups excluding carboxylic acids is 1. The van der Waals surface area contributed by atoms with E-state index in [-0.39, 0.29) is 12.0 Å². The average molecular weight is 511 g/mol. The van der Waals surface area contributed by atoms with Crippen LogP contribution in [-0.2, 0) is 0 Å². The summed E-state index contributed by atoms with van der Waals surface area (Å²) >= 11 is 0. The molecule has 0 spiro atoms. The number of carbonyl (C=O) groups is 1. The number of amides is 1. The average Bonchev–Trinajstić information content (AvgIpc) is 3.54. The first kappa shape index (κ1) is 23.9. The Morgan fingerprint density at radius 1 is 1.05 bits per heavy atom. The molecule has 0 aliphatic carbocycles. The molecule has 2 aliphatic rings. The van der Waals surface area contributed by atoms with Gasteiger partial charge in [0, 0.05) is 79.9 Å². The van der Waals surface area contributed by atoms with Crippen LogP contribution in [0.2, 0.25) is 0 Å². The molecule has 0 bridgehead atoms. The molecule has 1 aromatic carbocycles. The first-order valence-corrected chi connectivity index (χ1v) is 12.8. The minimum absolute atomic E-state index is 0.0343. The molecule has 0 saturated carbocycles. The summed E-state index contributed by atoms with van der Waals surface area (Å²) in [7, 11) is 2.08.